The van der Waals surface area contributed by atoms with Gasteiger partial charge >= 0.3 is 6.18 Å². The van der Waals surface area contributed by atoms with E-state index in [-0.39, 0.29) is 5.56 Å². The van der Waals surface area contributed by atoms with Crippen molar-refractivity contribution in [3.63, 3.8) is 0 Å². The molecule has 1 fully saturated rings. The number of halogens is 3. The number of hydrogen-bond donors (Lipinski definition) is 0. The summed E-state index contributed by atoms with van der Waals surface area (Å²) in [6, 6.07) is 4.39. The van der Waals surface area contributed by atoms with Crippen molar-refractivity contribution in [3.05, 3.63) is 39.4 Å². The summed E-state index contributed by atoms with van der Waals surface area (Å²) in [4.78, 5) is 9.62. The first-order valence-electron chi connectivity index (χ1n) is 5.07. The standard InChI is InChI=1S/C11H7F3N2O2/c12-11(13,14)9-5-7(16(17)18)1-2-8(9)10(6-15)3-4-10/h1-2,5H,3-4H2. The van der Waals surface area contributed by atoms with Crippen LogP contribution in [0.15, 0.2) is 18.2 Å². The third-order valence-electron chi connectivity index (χ3n) is 3.00. The van der Waals surface area contributed by atoms with Gasteiger partial charge in [-0.3, -0.25) is 10.1 Å². The number of hydrogen-bond acceptors (Lipinski definition) is 3. The van der Waals surface area contributed by atoms with Gasteiger partial charge < -0.3 is 0 Å². The summed E-state index contributed by atoms with van der Waals surface area (Å²) in [5, 5.41) is 19.4. The molecule has 0 atom stereocenters. The first-order chi connectivity index (χ1) is 8.30. The van der Waals surface area contributed by atoms with E-state index in [0.29, 0.717) is 18.9 Å². The number of benzene rings is 1. The van der Waals surface area contributed by atoms with E-state index in [1.807, 2.05) is 6.07 Å². The van der Waals surface area contributed by atoms with Gasteiger partial charge in [0.2, 0.25) is 0 Å². The molecule has 0 N–H and O–H groups in total. The number of nitro benzene ring substituents is 1. The van der Waals surface area contributed by atoms with E-state index in [4.69, 9.17) is 5.26 Å². The lowest BCUT2D eigenvalue weighted by Gasteiger charge is -2.15. The molecule has 0 amide bonds. The summed E-state index contributed by atoms with van der Waals surface area (Å²) in [5.74, 6) is 0. The monoisotopic (exact) mass is 256 g/mol. The van der Waals surface area contributed by atoms with Crippen LogP contribution < -0.4 is 0 Å². The molecule has 0 heterocycles. The number of nitro groups is 1. The van der Waals surface area contributed by atoms with E-state index in [1.165, 1.54) is 0 Å². The van der Waals surface area contributed by atoms with Crippen molar-refractivity contribution >= 4 is 5.69 Å². The van der Waals surface area contributed by atoms with Gasteiger partial charge in [0.25, 0.3) is 5.69 Å². The minimum absolute atomic E-state index is 0.164. The van der Waals surface area contributed by atoms with E-state index in [1.54, 1.807) is 0 Å². The van der Waals surface area contributed by atoms with Crippen molar-refractivity contribution in [2.24, 2.45) is 0 Å². The fourth-order valence-corrected chi connectivity index (χ4v) is 1.86. The Labute approximate surface area is 99.8 Å². The van der Waals surface area contributed by atoms with Gasteiger partial charge in [0, 0.05) is 12.1 Å². The zero-order valence-corrected chi connectivity index (χ0v) is 8.99. The van der Waals surface area contributed by atoms with Crippen LogP contribution in [-0.4, -0.2) is 4.92 Å². The molecule has 0 aliphatic heterocycles. The Morgan fingerprint density at radius 2 is 2.00 bits per heavy atom. The van der Waals surface area contributed by atoms with Crippen molar-refractivity contribution in [2.75, 3.05) is 0 Å². The maximum absolute atomic E-state index is 12.9. The molecule has 2 rings (SSSR count). The molecule has 0 bridgehead atoms. The minimum atomic E-state index is -4.70. The smallest absolute Gasteiger partial charge is 0.258 e. The lowest BCUT2D eigenvalue weighted by Crippen LogP contribution is -2.15. The van der Waals surface area contributed by atoms with Gasteiger partial charge in [-0.25, -0.2) is 0 Å². The maximum atomic E-state index is 12.9. The number of nitriles is 1. The zero-order valence-electron chi connectivity index (χ0n) is 8.99. The fourth-order valence-electron chi connectivity index (χ4n) is 1.86. The summed E-state index contributed by atoms with van der Waals surface area (Å²) >= 11 is 0. The predicted molar refractivity (Wildman–Crippen MR) is 54.6 cm³/mol. The SMILES string of the molecule is N#CC1(c2ccc([N+](=O)[O-])cc2C(F)(F)F)CC1. The van der Waals surface area contributed by atoms with Crippen LogP contribution in [0.25, 0.3) is 0 Å². The average Bonchev–Trinajstić information content (AvgIpc) is 3.08. The average molecular weight is 256 g/mol. The molecule has 1 aromatic rings. The summed E-state index contributed by atoms with van der Waals surface area (Å²) in [5.41, 5.74) is -3.00. The van der Waals surface area contributed by atoms with Crippen LogP contribution in [0.4, 0.5) is 18.9 Å². The number of non-ortho nitro benzene ring substituents is 1. The molecular formula is C11H7F3N2O2. The third kappa shape index (κ3) is 1.90. The van der Waals surface area contributed by atoms with Crippen molar-refractivity contribution in [3.8, 4) is 6.07 Å². The van der Waals surface area contributed by atoms with Crippen LogP contribution >= 0.6 is 0 Å². The maximum Gasteiger partial charge on any atom is 0.416 e. The van der Waals surface area contributed by atoms with Crippen molar-refractivity contribution in [1.82, 2.24) is 0 Å². The molecule has 94 valence electrons. The van der Waals surface area contributed by atoms with Crippen LogP contribution in [0.1, 0.15) is 24.0 Å². The Kier molecular flexibility index (Phi) is 2.54. The van der Waals surface area contributed by atoms with Crippen molar-refractivity contribution in [1.29, 1.82) is 5.26 Å². The highest BCUT2D eigenvalue weighted by Crippen LogP contribution is 2.51. The number of alkyl halides is 3. The van der Waals surface area contributed by atoms with E-state index < -0.39 is 27.8 Å². The van der Waals surface area contributed by atoms with E-state index in [2.05, 4.69) is 0 Å². The molecule has 18 heavy (non-hydrogen) atoms. The highest BCUT2D eigenvalue weighted by Gasteiger charge is 2.50. The van der Waals surface area contributed by atoms with Gasteiger partial charge in [0.05, 0.1) is 22.0 Å². The van der Waals surface area contributed by atoms with E-state index in [0.717, 1.165) is 12.1 Å². The second-order valence-electron chi connectivity index (χ2n) is 4.18. The minimum Gasteiger partial charge on any atom is -0.258 e. The van der Waals surface area contributed by atoms with Gasteiger partial charge in [-0.15, -0.1) is 0 Å². The first-order valence-corrected chi connectivity index (χ1v) is 5.07. The Bertz CT molecular complexity index is 556. The normalized spacial score (nSPS) is 17.0. The molecule has 1 aliphatic carbocycles. The lowest BCUT2D eigenvalue weighted by atomic mass is 9.92. The van der Waals surface area contributed by atoms with Crippen molar-refractivity contribution < 1.29 is 18.1 Å². The van der Waals surface area contributed by atoms with E-state index >= 15 is 0 Å². The molecule has 0 spiro atoms. The molecule has 1 aromatic carbocycles. The molecule has 0 radical (unpaired) electrons. The highest BCUT2D eigenvalue weighted by atomic mass is 19.4. The van der Waals surface area contributed by atoms with Gasteiger partial charge in [0.15, 0.2) is 0 Å². The Morgan fingerprint density at radius 3 is 2.39 bits per heavy atom. The van der Waals surface area contributed by atoms with Gasteiger partial charge in [0.1, 0.15) is 0 Å². The molecule has 1 aliphatic rings. The number of rotatable bonds is 2. The second kappa shape index (κ2) is 3.70. The van der Waals surface area contributed by atoms with Crippen LogP contribution in [0.5, 0.6) is 0 Å². The summed E-state index contributed by atoms with van der Waals surface area (Å²) in [6.45, 7) is 0. The lowest BCUT2D eigenvalue weighted by molar-refractivity contribution is -0.385. The second-order valence-corrected chi connectivity index (χ2v) is 4.18. The molecule has 1 saturated carbocycles. The largest absolute Gasteiger partial charge is 0.416 e. The topological polar surface area (TPSA) is 66.9 Å². The van der Waals surface area contributed by atoms with Crippen LogP contribution in [0.3, 0.4) is 0 Å². The molecule has 0 saturated heterocycles. The van der Waals surface area contributed by atoms with Crippen LogP contribution in [-0.2, 0) is 11.6 Å². The molecule has 0 aromatic heterocycles. The van der Waals surface area contributed by atoms with Crippen molar-refractivity contribution in [2.45, 2.75) is 24.4 Å². The van der Waals surface area contributed by atoms with Gasteiger partial charge in [-0.2, -0.15) is 18.4 Å². The Balaban J connectivity index is 2.61. The van der Waals surface area contributed by atoms with Crippen LogP contribution in [0.2, 0.25) is 0 Å². The highest BCUT2D eigenvalue weighted by molar-refractivity contribution is 5.50. The first kappa shape index (κ1) is 12.4. The molecule has 0 unspecified atom stereocenters. The Morgan fingerprint density at radius 1 is 1.39 bits per heavy atom. The fraction of sp³-hybridized carbons (Fsp3) is 0.364. The summed E-state index contributed by atoms with van der Waals surface area (Å²) in [6.07, 6.45) is -4.00. The van der Waals surface area contributed by atoms with Crippen LogP contribution in [0, 0.1) is 21.4 Å². The third-order valence-corrected chi connectivity index (χ3v) is 3.00. The van der Waals surface area contributed by atoms with Gasteiger partial charge in [-0.05, 0) is 24.5 Å². The summed E-state index contributed by atoms with van der Waals surface area (Å²) in [7, 11) is 0. The summed E-state index contributed by atoms with van der Waals surface area (Å²) < 4.78 is 38.6. The molecular weight excluding hydrogens is 249 g/mol. The predicted octanol–water partition coefficient (Wildman–Crippen LogP) is 3.17. The quantitative estimate of drug-likeness (QED) is 0.602. The zero-order chi connectivity index (χ0) is 13.6. The van der Waals surface area contributed by atoms with E-state index in [9.17, 15) is 23.3 Å². The molecule has 4 nitrogen and oxygen atoms in total. The van der Waals surface area contributed by atoms with Gasteiger partial charge in [-0.1, -0.05) is 0 Å². The molecule has 7 heteroatoms. The number of nitrogens with zero attached hydrogens (tertiary/aromatic N) is 2. The Hall–Kier alpha value is -2.10.